The summed E-state index contributed by atoms with van der Waals surface area (Å²) in [6, 6.07) is 0.689. The summed E-state index contributed by atoms with van der Waals surface area (Å²) in [6.45, 7) is 5.63. The predicted molar refractivity (Wildman–Crippen MR) is 81.5 cm³/mol. The first kappa shape index (κ1) is 14.1. The molecule has 0 unspecified atom stereocenters. The lowest BCUT2D eigenvalue weighted by atomic mass is 10.1. The van der Waals surface area contributed by atoms with Gasteiger partial charge in [0.2, 0.25) is 0 Å². The van der Waals surface area contributed by atoms with Gasteiger partial charge in [-0.3, -0.25) is 4.98 Å². The van der Waals surface area contributed by atoms with Crippen molar-refractivity contribution in [2.24, 2.45) is 0 Å². The second-order valence-electron chi connectivity index (χ2n) is 5.67. The largest absolute Gasteiger partial charge is 0.496 e. The van der Waals surface area contributed by atoms with Crippen LogP contribution in [0.4, 0.5) is 0 Å². The summed E-state index contributed by atoms with van der Waals surface area (Å²) in [4.78, 5) is 9.00. The predicted octanol–water partition coefficient (Wildman–Crippen LogP) is 2.20. The van der Waals surface area contributed by atoms with Crippen LogP contribution in [0.3, 0.4) is 0 Å². The second-order valence-corrected chi connectivity index (χ2v) is 5.67. The topological polar surface area (TPSA) is 52.0 Å². The van der Waals surface area contributed by atoms with E-state index >= 15 is 0 Å². The first-order valence-electron chi connectivity index (χ1n) is 7.41. The maximum Gasteiger partial charge on any atom is 0.128 e. The lowest BCUT2D eigenvalue weighted by molar-refractivity contribution is 0.406. The average Bonchev–Trinajstić information content (AvgIpc) is 3.20. The summed E-state index contributed by atoms with van der Waals surface area (Å²) in [6.07, 6.45) is 8.31. The molecule has 2 aromatic heterocycles. The summed E-state index contributed by atoms with van der Waals surface area (Å²) in [5, 5.41) is 3.50. The number of pyridine rings is 1. The molecular formula is C16H22N4O. The highest BCUT2D eigenvalue weighted by Gasteiger charge is 2.21. The van der Waals surface area contributed by atoms with Crippen LogP contribution in [0.2, 0.25) is 0 Å². The van der Waals surface area contributed by atoms with Crippen molar-refractivity contribution in [2.45, 2.75) is 45.8 Å². The van der Waals surface area contributed by atoms with Crippen LogP contribution in [-0.2, 0) is 13.1 Å². The van der Waals surface area contributed by atoms with Gasteiger partial charge >= 0.3 is 0 Å². The molecule has 0 atom stereocenters. The quantitative estimate of drug-likeness (QED) is 0.884. The van der Waals surface area contributed by atoms with Gasteiger partial charge in [-0.15, -0.1) is 0 Å². The van der Waals surface area contributed by atoms with Crippen molar-refractivity contribution in [3.63, 3.8) is 0 Å². The molecule has 2 aromatic rings. The molecule has 21 heavy (non-hydrogen) atoms. The zero-order valence-corrected chi connectivity index (χ0v) is 12.9. The molecule has 0 amide bonds. The van der Waals surface area contributed by atoms with Gasteiger partial charge in [0.15, 0.2) is 0 Å². The maximum atomic E-state index is 5.48. The van der Waals surface area contributed by atoms with Gasteiger partial charge < -0.3 is 14.6 Å². The minimum atomic E-state index is 0.689. The highest BCUT2D eigenvalue weighted by Crippen LogP contribution is 2.24. The molecule has 5 nitrogen and oxygen atoms in total. The fraction of sp³-hybridized carbons (Fsp3) is 0.500. The molecule has 0 saturated heterocycles. The molecule has 1 saturated carbocycles. The molecule has 1 aliphatic rings. The Morgan fingerprint density at radius 2 is 2.14 bits per heavy atom. The van der Waals surface area contributed by atoms with Crippen molar-refractivity contribution < 1.29 is 4.74 Å². The number of ether oxygens (including phenoxy) is 1. The van der Waals surface area contributed by atoms with Gasteiger partial charge in [0, 0.05) is 35.8 Å². The highest BCUT2D eigenvalue weighted by molar-refractivity contribution is 5.41. The summed E-state index contributed by atoms with van der Waals surface area (Å²) in [5.41, 5.74) is 3.20. The zero-order valence-electron chi connectivity index (χ0n) is 12.9. The normalized spacial score (nSPS) is 14.4. The lowest BCUT2D eigenvalue weighted by Gasteiger charge is -2.14. The van der Waals surface area contributed by atoms with Crippen LogP contribution in [0.15, 0.2) is 18.6 Å². The van der Waals surface area contributed by atoms with Crippen molar-refractivity contribution in [2.75, 3.05) is 7.11 Å². The number of methoxy groups -OCH3 is 1. The highest BCUT2D eigenvalue weighted by atomic mass is 16.5. The second kappa shape index (κ2) is 5.85. The van der Waals surface area contributed by atoms with Gasteiger partial charge in [-0.1, -0.05) is 0 Å². The fourth-order valence-corrected chi connectivity index (χ4v) is 2.57. The molecule has 0 aliphatic heterocycles. The van der Waals surface area contributed by atoms with E-state index in [1.165, 1.54) is 12.8 Å². The standard InChI is InChI=1S/C16H22N4O/c1-11-8-19-14(12(2)16(11)21-3)10-20-7-6-17-15(20)9-18-13-4-5-13/h6-8,13,18H,4-5,9-10H2,1-3H3. The molecule has 0 radical (unpaired) electrons. The number of hydrogen-bond donors (Lipinski definition) is 1. The van der Waals surface area contributed by atoms with E-state index in [4.69, 9.17) is 4.74 Å². The summed E-state index contributed by atoms with van der Waals surface area (Å²) in [7, 11) is 1.71. The summed E-state index contributed by atoms with van der Waals surface area (Å²) in [5.74, 6) is 1.99. The molecule has 0 bridgehead atoms. The van der Waals surface area contributed by atoms with E-state index in [1.807, 2.05) is 25.5 Å². The fourth-order valence-electron chi connectivity index (χ4n) is 2.57. The van der Waals surface area contributed by atoms with Gasteiger partial charge in [0.1, 0.15) is 11.6 Å². The van der Waals surface area contributed by atoms with Crippen LogP contribution in [0.25, 0.3) is 0 Å². The van der Waals surface area contributed by atoms with Crippen molar-refractivity contribution in [1.29, 1.82) is 0 Å². The Morgan fingerprint density at radius 3 is 2.86 bits per heavy atom. The van der Waals surface area contributed by atoms with Crippen LogP contribution in [0, 0.1) is 13.8 Å². The van der Waals surface area contributed by atoms with E-state index in [0.29, 0.717) is 6.04 Å². The van der Waals surface area contributed by atoms with Gasteiger partial charge in [-0.25, -0.2) is 4.98 Å². The van der Waals surface area contributed by atoms with Crippen LogP contribution in [0.5, 0.6) is 5.75 Å². The van der Waals surface area contributed by atoms with Crippen LogP contribution in [-0.4, -0.2) is 27.7 Å². The van der Waals surface area contributed by atoms with Crippen molar-refractivity contribution >= 4 is 0 Å². The van der Waals surface area contributed by atoms with E-state index in [2.05, 4.69) is 26.8 Å². The van der Waals surface area contributed by atoms with E-state index < -0.39 is 0 Å². The van der Waals surface area contributed by atoms with Crippen molar-refractivity contribution in [3.8, 4) is 5.75 Å². The Morgan fingerprint density at radius 1 is 1.33 bits per heavy atom. The SMILES string of the molecule is COc1c(C)cnc(Cn2ccnc2CNC2CC2)c1C. The molecule has 0 aromatic carbocycles. The third-order valence-electron chi connectivity index (χ3n) is 4.00. The van der Waals surface area contributed by atoms with Gasteiger partial charge in [-0.2, -0.15) is 0 Å². The zero-order chi connectivity index (χ0) is 14.8. The minimum absolute atomic E-state index is 0.689. The molecule has 2 heterocycles. The van der Waals surface area contributed by atoms with E-state index in [-0.39, 0.29) is 0 Å². The lowest BCUT2D eigenvalue weighted by Crippen LogP contribution is -2.19. The number of aromatic nitrogens is 3. The monoisotopic (exact) mass is 286 g/mol. The number of hydrogen-bond acceptors (Lipinski definition) is 4. The van der Waals surface area contributed by atoms with Crippen molar-refractivity contribution in [3.05, 3.63) is 41.2 Å². The number of aryl methyl sites for hydroxylation is 1. The number of imidazole rings is 1. The molecule has 5 heteroatoms. The molecule has 0 spiro atoms. The molecule has 1 fully saturated rings. The van der Waals surface area contributed by atoms with Crippen molar-refractivity contribution in [1.82, 2.24) is 19.9 Å². The summed E-state index contributed by atoms with van der Waals surface area (Å²) < 4.78 is 7.63. The van der Waals surface area contributed by atoms with E-state index in [0.717, 1.165) is 41.5 Å². The van der Waals surface area contributed by atoms with Gasteiger partial charge in [-0.05, 0) is 26.7 Å². The Kier molecular flexibility index (Phi) is 3.92. The van der Waals surface area contributed by atoms with Crippen LogP contribution >= 0.6 is 0 Å². The molecule has 1 aliphatic carbocycles. The Bertz CT molecular complexity index is 631. The van der Waals surface area contributed by atoms with E-state index in [1.54, 1.807) is 7.11 Å². The van der Waals surface area contributed by atoms with Gasteiger partial charge in [0.25, 0.3) is 0 Å². The van der Waals surface area contributed by atoms with Gasteiger partial charge in [0.05, 0.1) is 25.9 Å². The van der Waals surface area contributed by atoms with Crippen LogP contribution in [0.1, 0.15) is 35.5 Å². The maximum absolute atomic E-state index is 5.48. The average molecular weight is 286 g/mol. The smallest absolute Gasteiger partial charge is 0.128 e. The third kappa shape index (κ3) is 3.08. The number of nitrogens with zero attached hydrogens (tertiary/aromatic N) is 3. The van der Waals surface area contributed by atoms with E-state index in [9.17, 15) is 0 Å². The molecule has 1 N–H and O–H groups in total. The molecule has 3 rings (SSSR count). The first-order chi connectivity index (χ1) is 10.2. The minimum Gasteiger partial charge on any atom is -0.496 e. The number of nitrogens with one attached hydrogen (secondary N) is 1. The number of rotatable bonds is 6. The Balaban J connectivity index is 1.78. The summed E-state index contributed by atoms with van der Waals surface area (Å²) >= 11 is 0. The molecule has 112 valence electrons. The first-order valence-corrected chi connectivity index (χ1v) is 7.41. The molecular weight excluding hydrogens is 264 g/mol. The third-order valence-corrected chi connectivity index (χ3v) is 4.00. The van der Waals surface area contributed by atoms with Crippen LogP contribution < -0.4 is 10.1 Å². The Labute approximate surface area is 125 Å². The Hall–Kier alpha value is -1.88.